The Balaban J connectivity index is 2.97. The highest BCUT2D eigenvalue weighted by Gasteiger charge is 2.10. The zero-order valence-corrected chi connectivity index (χ0v) is 9.83. The first-order valence-electron chi connectivity index (χ1n) is 3.25. The summed E-state index contributed by atoms with van der Waals surface area (Å²) in [5.41, 5.74) is 0. The maximum Gasteiger partial charge on any atom is 0.149 e. The van der Waals surface area contributed by atoms with E-state index in [0.717, 1.165) is 18.3 Å². The van der Waals surface area contributed by atoms with E-state index >= 15 is 0 Å². The smallest absolute Gasteiger partial charge is 0.149 e. The molecule has 0 atom stereocenters. The molecule has 0 aliphatic rings. The molecule has 62 valence electrons. The van der Waals surface area contributed by atoms with Crippen LogP contribution in [0.5, 0.6) is 5.75 Å². The lowest BCUT2D eigenvalue weighted by Crippen LogP contribution is -1.66. The molecule has 1 N–H and O–H groups in total. The Morgan fingerprint density at radius 3 is 2.67 bits per heavy atom. The van der Waals surface area contributed by atoms with Gasteiger partial charge in [0.1, 0.15) is 9.54 Å². The van der Waals surface area contributed by atoms with Gasteiger partial charge in [0.2, 0.25) is 0 Å². The van der Waals surface area contributed by atoms with E-state index in [1.165, 1.54) is 11.3 Å². The quantitative estimate of drug-likeness (QED) is 0.776. The van der Waals surface area contributed by atoms with Crippen LogP contribution in [0.25, 0.3) is 10.1 Å². The van der Waals surface area contributed by atoms with Crippen molar-refractivity contribution in [3.63, 3.8) is 0 Å². The molecular weight excluding hydrogens is 304 g/mol. The highest BCUT2D eigenvalue weighted by molar-refractivity contribution is 9.11. The molecule has 0 amide bonds. The number of hydrogen-bond acceptors (Lipinski definition) is 2. The molecule has 0 bridgehead atoms. The molecule has 1 nitrogen and oxygen atoms in total. The molecule has 12 heavy (non-hydrogen) atoms. The average molecular weight is 308 g/mol. The summed E-state index contributed by atoms with van der Waals surface area (Å²) in [5, 5.41) is 10.5. The van der Waals surface area contributed by atoms with Crippen LogP contribution in [-0.4, -0.2) is 5.11 Å². The minimum Gasteiger partial charge on any atom is -0.505 e. The average Bonchev–Trinajstić information content (AvgIpc) is 2.29. The van der Waals surface area contributed by atoms with Gasteiger partial charge in [0.15, 0.2) is 0 Å². The van der Waals surface area contributed by atoms with Crippen molar-refractivity contribution in [2.24, 2.45) is 0 Å². The largest absolute Gasteiger partial charge is 0.505 e. The first-order chi connectivity index (χ1) is 5.70. The molecule has 2 aromatic rings. The molecule has 0 fully saturated rings. The second-order valence-electron chi connectivity index (χ2n) is 2.34. The van der Waals surface area contributed by atoms with Gasteiger partial charge in [0.05, 0.1) is 0 Å². The molecule has 4 heteroatoms. The molecule has 1 aromatic carbocycles. The van der Waals surface area contributed by atoms with Gasteiger partial charge in [-0.2, -0.15) is 0 Å². The van der Waals surface area contributed by atoms with Crippen molar-refractivity contribution >= 4 is 53.3 Å². The van der Waals surface area contributed by atoms with E-state index in [9.17, 15) is 5.11 Å². The summed E-state index contributed by atoms with van der Waals surface area (Å²) < 4.78 is 2.79. The fraction of sp³-hybridized carbons (Fsp3) is 0. The van der Waals surface area contributed by atoms with E-state index in [-0.39, 0.29) is 0 Å². The summed E-state index contributed by atoms with van der Waals surface area (Å²) in [6, 6.07) is 5.85. The maximum atomic E-state index is 9.61. The Hall–Kier alpha value is -0.0600. The third kappa shape index (κ3) is 1.18. The lowest BCUT2D eigenvalue weighted by molar-refractivity contribution is 0.480. The third-order valence-electron chi connectivity index (χ3n) is 1.60. The van der Waals surface area contributed by atoms with Crippen LogP contribution in [0.15, 0.2) is 26.5 Å². The second-order valence-corrected chi connectivity index (χ2v) is 5.56. The summed E-state index contributed by atoms with van der Waals surface area (Å²) in [6.07, 6.45) is 0. The van der Waals surface area contributed by atoms with Crippen molar-refractivity contribution < 1.29 is 5.11 Å². The van der Waals surface area contributed by atoms with Crippen LogP contribution in [0.2, 0.25) is 0 Å². The summed E-state index contributed by atoms with van der Waals surface area (Å²) in [7, 11) is 0. The molecule has 2 rings (SSSR count). The van der Waals surface area contributed by atoms with Gasteiger partial charge in [0.25, 0.3) is 0 Å². The molecule has 0 spiro atoms. The predicted molar refractivity (Wildman–Crippen MR) is 58.9 cm³/mol. The number of halogens is 2. The van der Waals surface area contributed by atoms with Crippen molar-refractivity contribution in [2.45, 2.75) is 0 Å². The molecule has 0 aliphatic heterocycles. The molecular formula is C8H4Br2OS. The van der Waals surface area contributed by atoms with Crippen LogP contribution in [0.4, 0.5) is 0 Å². The molecule has 0 radical (unpaired) electrons. The maximum absolute atomic E-state index is 9.61. The zero-order valence-electron chi connectivity index (χ0n) is 5.84. The normalized spacial score (nSPS) is 10.8. The van der Waals surface area contributed by atoms with E-state index in [4.69, 9.17) is 0 Å². The van der Waals surface area contributed by atoms with E-state index < -0.39 is 0 Å². The van der Waals surface area contributed by atoms with Crippen LogP contribution in [0, 0.1) is 0 Å². The Kier molecular flexibility index (Phi) is 2.14. The molecule has 0 saturated carbocycles. The summed E-state index contributed by atoms with van der Waals surface area (Å²) >= 11 is 8.21. The molecule has 0 aliphatic carbocycles. The first kappa shape index (κ1) is 8.53. The van der Waals surface area contributed by atoms with Gasteiger partial charge in [-0.3, -0.25) is 0 Å². The summed E-state index contributed by atoms with van der Waals surface area (Å²) in [4.78, 5) is 0. The van der Waals surface area contributed by atoms with Crippen LogP contribution in [0.1, 0.15) is 0 Å². The summed E-state index contributed by atoms with van der Waals surface area (Å²) in [6.45, 7) is 0. The van der Waals surface area contributed by atoms with E-state index in [1.54, 1.807) is 0 Å². The van der Waals surface area contributed by atoms with Gasteiger partial charge >= 0.3 is 0 Å². The number of hydrogen-bond donors (Lipinski definition) is 1. The predicted octanol–water partition coefficient (Wildman–Crippen LogP) is 4.13. The Morgan fingerprint density at radius 2 is 2.00 bits per heavy atom. The first-order valence-corrected chi connectivity index (χ1v) is 5.66. The lowest BCUT2D eigenvalue weighted by atomic mass is 10.2. The van der Waals surface area contributed by atoms with Gasteiger partial charge in [-0.1, -0.05) is 6.07 Å². The van der Waals surface area contributed by atoms with E-state index in [0.29, 0.717) is 5.75 Å². The zero-order chi connectivity index (χ0) is 8.72. The van der Waals surface area contributed by atoms with Gasteiger partial charge < -0.3 is 5.11 Å². The Morgan fingerprint density at radius 1 is 1.25 bits per heavy atom. The van der Waals surface area contributed by atoms with Gasteiger partial charge in [-0.25, -0.2) is 0 Å². The van der Waals surface area contributed by atoms with Crippen molar-refractivity contribution in [3.05, 3.63) is 26.5 Å². The number of thiophene rings is 1. The number of fused-ring (bicyclic) bond motifs is 1. The number of rotatable bonds is 0. The SMILES string of the molecule is Oc1c(Br)sc2cccc(Br)c12. The number of benzene rings is 1. The van der Waals surface area contributed by atoms with Crippen LogP contribution in [-0.2, 0) is 0 Å². The Bertz CT molecular complexity index is 436. The van der Waals surface area contributed by atoms with Crippen molar-refractivity contribution in [2.75, 3.05) is 0 Å². The molecule has 0 saturated heterocycles. The van der Waals surface area contributed by atoms with Crippen molar-refractivity contribution in [1.29, 1.82) is 0 Å². The topological polar surface area (TPSA) is 20.2 Å². The van der Waals surface area contributed by atoms with Crippen LogP contribution in [0.3, 0.4) is 0 Å². The van der Waals surface area contributed by atoms with E-state index in [1.807, 2.05) is 18.2 Å². The minimum atomic E-state index is 0.322. The molecule has 1 heterocycles. The second kappa shape index (κ2) is 3.01. The van der Waals surface area contributed by atoms with Gasteiger partial charge in [-0.05, 0) is 44.0 Å². The highest BCUT2D eigenvalue weighted by atomic mass is 79.9. The summed E-state index contributed by atoms with van der Waals surface area (Å²) in [5.74, 6) is 0.322. The monoisotopic (exact) mass is 306 g/mol. The lowest BCUT2D eigenvalue weighted by Gasteiger charge is -1.93. The molecule has 0 unspecified atom stereocenters. The third-order valence-corrected chi connectivity index (χ3v) is 4.05. The van der Waals surface area contributed by atoms with Gasteiger partial charge in [0, 0.05) is 14.6 Å². The Labute approximate surface area is 90.3 Å². The van der Waals surface area contributed by atoms with Crippen LogP contribution < -0.4 is 0 Å². The highest BCUT2D eigenvalue weighted by Crippen LogP contribution is 2.43. The fourth-order valence-corrected chi connectivity index (χ4v) is 3.32. The van der Waals surface area contributed by atoms with Gasteiger partial charge in [-0.15, -0.1) is 11.3 Å². The fourth-order valence-electron chi connectivity index (χ4n) is 1.06. The van der Waals surface area contributed by atoms with Crippen LogP contribution >= 0.6 is 43.2 Å². The molecule has 1 aromatic heterocycles. The van der Waals surface area contributed by atoms with Crippen molar-refractivity contribution in [3.8, 4) is 5.75 Å². The van der Waals surface area contributed by atoms with E-state index in [2.05, 4.69) is 31.9 Å². The minimum absolute atomic E-state index is 0.322. The number of aromatic hydroxyl groups is 1. The standard InChI is InChI=1S/C8H4Br2OS/c9-4-2-1-3-5-6(4)7(11)8(10)12-5/h1-3,11H. The van der Waals surface area contributed by atoms with Crippen molar-refractivity contribution in [1.82, 2.24) is 0 Å².